The highest BCUT2D eigenvalue weighted by Gasteiger charge is 2.31. The largest absolute Gasteiger partial charge is 0.493 e. The van der Waals surface area contributed by atoms with E-state index in [1.54, 1.807) is 25.1 Å². The molecule has 5 nitrogen and oxygen atoms in total. The van der Waals surface area contributed by atoms with Crippen LogP contribution in [0.25, 0.3) is 0 Å². The molecule has 9 heteroatoms. The molecule has 0 aromatic heterocycles. The lowest BCUT2D eigenvalue weighted by molar-refractivity contribution is -0.137. The first-order valence-corrected chi connectivity index (χ1v) is 9.45. The van der Waals surface area contributed by atoms with Crippen molar-refractivity contribution >= 4 is 10.0 Å². The lowest BCUT2D eigenvalue weighted by Gasteiger charge is -2.21. The van der Waals surface area contributed by atoms with E-state index in [0.29, 0.717) is 17.1 Å². The zero-order chi connectivity index (χ0) is 20.2. The van der Waals surface area contributed by atoms with Gasteiger partial charge in [0.2, 0.25) is 10.0 Å². The van der Waals surface area contributed by atoms with Crippen LogP contribution in [0.15, 0.2) is 47.4 Å². The molecule has 27 heavy (non-hydrogen) atoms. The summed E-state index contributed by atoms with van der Waals surface area (Å²) in [5.74, 6) is 0.966. The van der Waals surface area contributed by atoms with Crippen molar-refractivity contribution in [3.8, 4) is 11.5 Å². The van der Waals surface area contributed by atoms with Crippen LogP contribution in [-0.4, -0.2) is 33.5 Å². The number of methoxy groups -OCH3 is 2. The van der Waals surface area contributed by atoms with Crippen LogP contribution in [-0.2, 0) is 22.7 Å². The van der Waals surface area contributed by atoms with Gasteiger partial charge >= 0.3 is 6.18 Å². The van der Waals surface area contributed by atoms with Crippen LogP contribution in [0.4, 0.5) is 13.2 Å². The van der Waals surface area contributed by atoms with Crippen LogP contribution in [0.3, 0.4) is 0 Å². The summed E-state index contributed by atoms with van der Waals surface area (Å²) >= 11 is 0. The maximum Gasteiger partial charge on any atom is 0.416 e. The first kappa shape index (κ1) is 21.0. The molecule has 0 saturated heterocycles. The standard InChI is InChI=1S/C18H20F3NO4S/c1-4-22(12-13-5-10-16(25-2)17(11-13)26-3)27(23,24)15-8-6-14(7-9-15)18(19,20)21/h5-11H,4,12H2,1-3H3. The molecule has 0 heterocycles. The van der Waals surface area contributed by atoms with E-state index in [0.717, 1.165) is 24.3 Å². The zero-order valence-electron chi connectivity index (χ0n) is 15.1. The van der Waals surface area contributed by atoms with Crippen molar-refractivity contribution in [2.24, 2.45) is 0 Å². The second-order valence-electron chi connectivity index (χ2n) is 5.64. The maximum absolute atomic E-state index is 12.8. The Labute approximate surface area is 156 Å². The smallest absolute Gasteiger partial charge is 0.416 e. The molecule has 2 aromatic carbocycles. The zero-order valence-corrected chi connectivity index (χ0v) is 15.9. The summed E-state index contributed by atoms with van der Waals surface area (Å²) in [4.78, 5) is -0.196. The number of ether oxygens (including phenoxy) is 2. The Balaban J connectivity index is 2.30. The summed E-state index contributed by atoms with van der Waals surface area (Å²) in [5, 5.41) is 0. The quantitative estimate of drug-likeness (QED) is 0.703. The number of rotatable bonds is 7. The van der Waals surface area contributed by atoms with Gasteiger partial charge in [0.25, 0.3) is 0 Å². The van der Waals surface area contributed by atoms with Gasteiger partial charge in [-0.25, -0.2) is 8.42 Å². The topological polar surface area (TPSA) is 55.8 Å². The predicted molar refractivity (Wildman–Crippen MR) is 94.3 cm³/mol. The van der Waals surface area contributed by atoms with Crippen LogP contribution >= 0.6 is 0 Å². The summed E-state index contributed by atoms with van der Waals surface area (Å²) < 4.78 is 75.2. The summed E-state index contributed by atoms with van der Waals surface area (Å²) in [6.07, 6.45) is -4.52. The van der Waals surface area contributed by atoms with E-state index in [1.807, 2.05) is 0 Å². The van der Waals surface area contributed by atoms with Crippen molar-refractivity contribution < 1.29 is 31.1 Å². The van der Waals surface area contributed by atoms with E-state index >= 15 is 0 Å². The van der Waals surface area contributed by atoms with Gasteiger partial charge in [-0.05, 0) is 42.0 Å². The molecule has 0 aliphatic heterocycles. The first-order valence-electron chi connectivity index (χ1n) is 8.01. The fourth-order valence-corrected chi connectivity index (χ4v) is 3.95. The van der Waals surface area contributed by atoms with Crippen molar-refractivity contribution in [3.63, 3.8) is 0 Å². The second kappa shape index (κ2) is 8.18. The average molecular weight is 403 g/mol. The van der Waals surface area contributed by atoms with Crippen molar-refractivity contribution in [3.05, 3.63) is 53.6 Å². The minimum atomic E-state index is -4.52. The lowest BCUT2D eigenvalue weighted by Crippen LogP contribution is -2.30. The third-order valence-corrected chi connectivity index (χ3v) is 5.91. The van der Waals surface area contributed by atoms with E-state index in [-0.39, 0.29) is 18.0 Å². The Hall–Kier alpha value is -2.26. The molecule has 0 fully saturated rings. The summed E-state index contributed by atoms with van der Waals surface area (Å²) in [6, 6.07) is 8.47. The highest BCUT2D eigenvalue weighted by atomic mass is 32.2. The Morgan fingerprint density at radius 3 is 2.04 bits per heavy atom. The minimum absolute atomic E-state index is 0.0419. The van der Waals surface area contributed by atoms with Gasteiger partial charge in [0.1, 0.15) is 0 Å². The van der Waals surface area contributed by atoms with Crippen molar-refractivity contribution in [2.75, 3.05) is 20.8 Å². The minimum Gasteiger partial charge on any atom is -0.493 e. The van der Waals surface area contributed by atoms with Crippen molar-refractivity contribution in [2.45, 2.75) is 24.5 Å². The van der Waals surface area contributed by atoms with Gasteiger partial charge in [-0.15, -0.1) is 0 Å². The fourth-order valence-electron chi connectivity index (χ4n) is 2.51. The van der Waals surface area contributed by atoms with Gasteiger partial charge in [0, 0.05) is 13.1 Å². The monoisotopic (exact) mass is 403 g/mol. The average Bonchev–Trinajstić information content (AvgIpc) is 2.65. The number of nitrogens with zero attached hydrogens (tertiary/aromatic N) is 1. The van der Waals surface area contributed by atoms with E-state index in [2.05, 4.69) is 0 Å². The van der Waals surface area contributed by atoms with Crippen LogP contribution in [0.5, 0.6) is 11.5 Å². The molecule has 0 unspecified atom stereocenters. The van der Waals surface area contributed by atoms with Gasteiger partial charge in [-0.1, -0.05) is 13.0 Å². The Kier molecular flexibility index (Phi) is 6.38. The molecule has 0 spiro atoms. The van der Waals surface area contributed by atoms with Gasteiger partial charge in [0.05, 0.1) is 24.7 Å². The normalized spacial score (nSPS) is 12.3. The molecule has 0 amide bonds. The molecule has 0 atom stereocenters. The molecule has 2 aromatic rings. The van der Waals surface area contributed by atoms with Crippen LogP contribution in [0.2, 0.25) is 0 Å². The van der Waals surface area contributed by atoms with Crippen LogP contribution in [0.1, 0.15) is 18.1 Å². The van der Waals surface area contributed by atoms with Crippen molar-refractivity contribution in [1.82, 2.24) is 4.31 Å². The summed E-state index contributed by atoms with van der Waals surface area (Å²) in [6.45, 7) is 1.85. The van der Waals surface area contributed by atoms with Gasteiger partial charge in [-0.2, -0.15) is 17.5 Å². The Morgan fingerprint density at radius 1 is 0.963 bits per heavy atom. The molecule has 0 aliphatic carbocycles. The molecular formula is C18H20F3NO4S. The molecule has 0 radical (unpaired) electrons. The van der Waals surface area contributed by atoms with Crippen molar-refractivity contribution in [1.29, 1.82) is 0 Å². The van der Waals surface area contributed by atoms with E-state index in [1.165, 1.54) is 18.5 Å². The van der Waals surface area contributed by atoms with Gasteiger partial charge in [-0.3, -0.25) is 0 Å². The molecule has 2 rings (SSSR count). The number of alkyl halides is 3. The van der Waals surface area contributed by atoms with Gasteiger partial charge in [0.15, 0.2) is 11.5 Å². The summed E-state index contributed by atoms with van der Waals surface area (Å²) in [7, 11) is -0.992. The Bertz CT molecular complexity index is 880. The third-order valence-electron chi connectivity index (χ3n) is 3.98. The molecule has 148 valence electrons. The highest BCUT2D eigenvalue weighted by Crippen LogP contribution is 2.31. The molecule has 0 saturated carbocycles. The number of hydrogen-bond donors (Lipinski definition) is 0. The second-order valence-corrected chi connectivity index (χ2v) is 7.58. The molecule has 0 N–H and O–H groups in total. The molecule has 0 aliphatic rings. The number of hydrogen-bond acceptors (Lipinski definition) is 4. The highest BCUT2D eigenvalue weighted by molar-refractivity contribution is 7.89. The lowest BCUT2D eigenvalue weighted by atomic mass is 10.2. The SMILES string of the molecule is CCN(Cc1ccc(OC)c(OC)c1)S(=O)(=O)c1ccc(C(F)(F)F)cc1. The van der Waals surface area contributed by atoms with E-state index < -0.39 is 21.8 Å². The predicted octanol–water partition coefficient (Wildman–Crippen LogP) is 3.93. The number of sulfonamides is 1. The number of benzene rings is 2. The van der Waals surface area contributed by atoms with Gasteiger partial charge < -0.3 is 9.47 Å². The Morgan fingerprint density at radius 2 is 1.56 bits per heavy atom. The fraction of sp³-hybridized carbons (Fsp3) is 0.333. The van der Waals surface area contributed by atoms with E-state index in [9.17, 15) is 21.6 Å². The van der Waals surface area contributed by atoms with Crippen LogP contribution < -0.4 is 9.47 Å². The first-order chi connectivity index (χ1) is 12.6. The molecular weight excluding hydrogens is 383 g/mol. The van der Waals surface area contributed by atoms with E-state index in [4.69, 9.17) is 9.47 Å². The third kappa shape index (κ3) is 4.72. The maximum atomic E-state index is 12.8. The summed E-state index contributed by atoms with van der Waals surface area (Å²) in [5.41, 5.74) is -0.241. The van der Waals surface area contributed by atoms with Crippen LogP contribution in [0, 0.1) is 0 Å². The number of halogens is 3. The molecule has 0 bridgehead atoms.